The average molecular weight is 401 g/mol. The van der Waals surface area contributed by atoms with Gasteiger partial charge in [-0.3, -0.25) is 19.7 Å². The van der Waals surface area contributed by atoms with E-state index in [4.69, 9.17) is 16.9 Å². The van der Waals surface area contributed by atoms with E-state index in [2.05, 4.69) is 10.6 Å². The molecule has 0 saturated carbocycles. The molecule has 1 atom stereocenters. The van der Waals surface area contributed by atoms with Crippen molar-refractivity contribution in [1.82, 2.24) is 5.32 Å². The summed E-state index contributed by atoms with van der Waals surface area (Å²) in [6.45, 7) is 3.50. The monoisotopic (exact) mass is 400 g/mol. The first kappa shape index (κ1) is 20.9. The summed E-state index contributed by atoms with van der Waals surface area (Å²) >= 11 is 5.76. The van der Waals surface area contributed by atoms with E-state index in [1.807, 2.05) is 6.07 Å². The largest absolute Gasteiger partial charge is 0.340 e. The summed E-state index contributed by atoms with van der Waals surface area (Å²) in [6.07, 6.45) is 0. The van der Waals surface area contributed by atoms with Crippen LogP contribution in [0.2, 0.25) is 5.02 Å². The Labute approximate surface area is 166 Å². The highest BCUT2D eigenvalue weighted by Gasteiger charge is 2.26. The second-order valence-corrected chi connectivity index (χ2v) is 6.71. The molecule has 2 N–H and O–H groups in total. The number of rotatable bonds is 6. The summed E-state index contributed by atoms with van der Waals surface area (Å²) in [7, 11) is 0. The van der Waals surface area contributed by atoms with Crippen LogP contribution in [0.5, 0.6) is 0 Å². The minimum absolute atomic E-state index is 0.0148. The maximum atomic E-state index is 12.6. The third kappa shape index (κ3) is 5.05. The first-order chi connectivity index (χ1) is 13.2. The van der Waals surface area contributed by atoms with Gasteiger partial charge in [0.2, 0.25) is 5.91 Å². The van der Waals surface area contributed by atoms with Crippen LogP contribution in [0.4, 0.5) is 11.4 Å². The van der Waals surface area contributed by atoms with Gasteiger partial charge < -0.3 is 10.6 Å². The van der Waals surface area contributed by atoms with E-state index in [1.54, 1.807) is 32.0 Å². The van der Waals surface area contributed by atoms with Crippen molar-refractivity contribution in [2.45, 2.75) is 19.9 Å². The molecule has 0 unspecified atom stereocenters. The van der Waals surface area contributed by atoms with E-state index < -0.39 is 28.5 Å². The van der Waals surface area contributed by atoms with Gasteiger partial charge in [0, 0.05) is 17.3 Å². The molecular formula is C19H17ClN4O4. The minimum Gasteiger partial charge on any atom is -0.340 e. The Kier molecular flexibility index (Phi) is 6.69. The van der Waals surface area contributed by atoms with Crippen molar-refractivity contribution in [3.8, 4) is 6.07 Å². The number of hydrogen-bond acceptors (Lipinski definition) is 5. The van der Waals surface area contributed by atoms with Crippen LogP contribution in [-0.4, -0.2) is 22.8 Å². The molecule has 144 valence electrons. The maximum Gasteiger partial charge on any atom is 0.288 e. The van der Waals surface area contributed by atoms with Crippen LogP contribution >= 0.6 is 11.6 Å². The number of nitro benzene ring substituents is 1. The third-order valence-electron chi connectivity index (χ3n) is 3.90. The fourth-order valence-electron chi connectivity index (χ4n) is 2.44. The van der Waals surface area contributed by atoms with E-state index in [0.717, 1.165) is 6.07 Å². The number of hydrogen-bond donors (Lipinski definition) is 2. The van der Waals surface area contributed by atoms with Crippen LogP contribution in [0, 0.1) is 27.4 Å². The molecule has 0 aliphatic rings. The van der Waals surface area contributed by atoms with Crippen molar-refractivity contribution in [3.05, 3.63) is 68.7 Å². The van der Waals surface area contributed by atoms with Crippen LogP contribution in [0.25, 0.3) is 0 Å². The predicted molar refractivity (Wildman–Crippen MR) is 104 cm³/mol. The van der Waals surface area contributed by atoms with Crippen LogP contribution in [0.3, 0.4) is 0 Å². The van der Waals surface area contributed by atoms with Gasteiger partial charge in [0.05, 0.1) is 16.6 Å². The number of benzene rings is 2. The number of halogens is 1. The number of nitrogens with zero attached hydrogens (tertiary/aromatic N) is 2. The maximum absolute atomic E-state index is 12.6. The van der Waals surface area contributed by atoms with Crippen LogP contribution < -0.4 is 10.6 Å². The summed E-state index contributed by atoms with van der Waals surface area (Å²) in [5.41, 5.74) is 0.427. The van der Waals surface area contributed by atoms with E-state index in [-0.39, 0.29) is 16.5 Å². The van der Waals surface area contributed by atoms with Gasteiger partial charge in [-0.1, -0.05) is 31.5 Å². The normalized spacial score (nSPS) is 11.4. The quantitative estimate of drug-likeness (QED) is 0.566. The van der Waals surface area contributed by atoms with E-state index >= 15 is 0 Å². The van der Waals surface area contributed by atoms with Gasteiger partial charge in [-0.25, -0.2) is 0 Å². The topological polar surface area (TPSA) is 125 Å². The number of carbonyl (C=O) groups excluding carboxylic acids is 2. The summed E-state index contributed by atoms with van der Waals surface area (Å²) in [4.78, 5) is 35.4. The van der Waals surface area contributed by atoms with Crippen molar-refractivity contribution in [3.63, 3.8) is 0 Å². The number of carbonyl (C=O) groups is 2. The second kappa shape index (κ2) is 8.97. The summed E-state index contributed by atoms with van der Waals surface area (Å²) in [5, 5.41) is 25.1. The number of nitrogens with one attached hydrogen (secondary N) is 2. The minimum atomic E-state index is -0.895. The van der Waals surface area contributed by atoms with Crippen LogP contribution in [-0.2, 0) is 4.79 Å². The van der Waals surface area contributed by atoms with Crippen LogP contribution in [0.15, 0.2) is 42.5 Å². The zero-order valence-corrected chi connectivity index (χ0v) is 15.9. The molecule has 2 amide bonds. The lowest BCUT2D eigenvalue weighted by Gasteiger charge is -2.22. The van der Waals surface area contributed by atoms with Gasteiger partial charge in [0.25, 0.3) is 11.6 Å². The third-order valence-corrected chi connectivity index (χ3v) is 4.22. The molecule has 0 radical (unpaired) electrons. The second-order valence-electron chi connectivity index (χ2n) is 6.30. The van der Waals surface area contributed by atoms with Gasteiger partial charge in [0.1, 0.15) is 11.1 Å². The molecule has 0 fully saturated rings. The van der Waals surface area contributed by atoms with Gasteiger partial charge in [-0.2, -0.15) is 5.26 Å². The highest BCUT2D eigenvalue weighted by Crippen LogP contribution is 2.25. The smallest absolute Gasteiger partial charge is 0.288 e. The first-order valence-corrected chi connectivity index (χ1v) is 8.66. The summed E-state index contributed by atoms with van der Waals surface area (Å²) in [6, 6.07) is 11.1. The fourth-order valence-corrected chi connectivity index (χ4v) is 2.63. The summed E-state index contributed by atoms with van der Waals surface area (Å²) < 4.78 is 0. The van der Waals surface area contributed by atoms with Gasteiger partial charge >= 0.3 is 0 Å². The molecular weight excluding hydrogens is 384 g/mol. The Morgan fingerprint density at radius 2 is 1.93 bits per heavy atom. The molecule has 2 rings (SSSR count). The Morgan fingerprint density at radius 1 is 1.21 bits per heavy atom. The Hall–Kier alpha value is -3.44. The molecule has 8 nitrogen and oxygen atoms in total. The Balaban J connectivity index is 2.19. The van der Waals surface area contributed by atoms with Gasteiger partial charge in [0.15, 0.2) is 0 Å². The van der Waals surface area contributed by atoms with Crippen molar-refractivity contribution in [2.75, 3.05) is 5.32 Å². The lowest BCUT2D eigenvalue weighted by molar-refractivity contribution is -0.384. The molecule has 0 aliphatic heterocycles. The molecule has 0 heterocycles. The number of amides is 2. The van der Waals surface area contributed by atoms with E-state index in [9.17, 15) is 19.7 Å². The van der Waals surface area contributed by atoms with Crippen molar-refractivity contribution in [1.29, 1.82) is 5.26 Å². The standard InChI is InChI=1S/C19H17ClN4O4/c1-11(2)17(19(26)22-14-5-3-4-12(8-14)10-21)23-18(25)13-6-7-15(20)16(9-13)24(27)28/h3-9,11,17H,1-2H3,(H,22,26)(H,23,25)/t17-/m0/s1. The average Bonchev–Trinajstić information content (AvgIpc) is 2.65. The molecule has 2 aromatic carbocycles. The first-order valence-electron chi connectivity index (χ1n) is 8.28. The molecule has 0 bridgehead atoms. The zero-order valence-electron chi connectivity index (χ0n) is 15.1. The van der Waals surface area contributed by atoms with E-state index in [0.29, 0.717) is 11.3 Å². The Bertz CT molecular complexity index is 969. The van der Waals surface area contributed by atoms with Crippen LogP contribution in [0.1, 0.15) is 29.8 Å². The molecule has 0 aliphatic carbocycles. The highest BCUT2D eigenvalue weighted by atomic mass is 35.5. The van der Waals surface area contributed by atoms with Crippen molar-refractivity contribution < 1.29 is 14.5 Å². The number of anilines is 1. The fraction of sp³-hybridized carbons (Fsp3) is 0.211. The number of nitriles is 1. The van der Waals surface area contributed by atoms with Crippen molar-refractivity contribution in [2.24, 2.45) is 5.92 Å². The van der Waals surface area contributed by atoms with Gasteiger partial charge in [-0.15, -0.1) is 0 Å². The molecule has 0 aromatic heterocycles. The van der Waals surface area contributed by atoms with E-state index in [1.165, 1.54) is 18.2 Å². The summed E-state index contributed by atoms with van der Waals surface area (Å²) in [5.74, 6) is -1.37. The predicted octanol–water partition coefficient (Wildman–Crippen LogP) is 3.51. The molecule has 0 saturated heterocycles. The SMILES string of the molecule is CC(C)[C@H](NC(=O)c1ccc(Cl)c([N+](=O)[O-])c1)C(=O)Nc1cccc(C#N)c1. The molecule has 9 heteroatoms. The molecule has 0 spiro atoms. The number of nitro groups is 1. The Morgan fingerprint density at radius 3 is 2.54 bits per heavy atom. The zero-order chi connectivity index (χ0) is 20.8. The molecule has 28 heavy (non-hydrogen) atoms. The molecule has 2 aromatic rings. The lowest BCUT2D eigenvalue weighted by Crippen LogP contribution is -2.47. The lowest BCUT2D eigenvalue weighted by atomic mass is 10.0. The van der Waals surface area contributed by atoms with Gasteiger partial charge in [-0.05, 0) is 36.2 Å². The highest BCUT2D eigenvalue weighted by molar-refractivity contribution is 6.32. The van der Waals surface area contributed by atoms with Crippen molar-refractivity contribution >= 4 is 34.8 Å².